The van der Waals surface area contributed by atoms with E-state index < -0.39 is 16.0 Å². The van der Waals surface area contributed by atoms with Gasteiger partial charge in [0.15, 0.2) is 0 Å². The predicted molar refractivity (Wildman–Crippen MR) is 75.8 cm³/mol. The van der Waals surface area contributed by atoms with Gasteiger partial charge in [0.05, 0.1) is 6.61 Å². The molecule has 1 N–H and O–H groups in total. The summed E-state index contributed by atoms with van der Waals surface area (Å²) in [5.74, 6) is -0.186. The van der Waals surface area contributed by atoms with E-state index in [1.165, 1.54) is 4.31 Å². The van der Waals surface area contributed by atoms with Crippen LogP contribution in [0.1, 0.15) is 28.8 Å². The Morgan fingerprint density at radius 3 is 2.48 bits per heavy atom. The molecule has 0 amide bonds. The first kappa shape index (κ1) is 16.0. The van der Waals surface area contributed by atoms with Crippen LogP contribution in [-0.2, 0) is 14.8 Å². The molecule has 1 aliphatic heterocycles. The maximum atomic E-state index is 12.8. The van der Waals surface area contributed by atoms with E-state index in [9.17, 15) is 13.2 Å². The number of nitrogens with one attached hydrogen (secondary N) is 1. The zero-order chi connectivity index (χ0) is 15.6. The largest absolute Gasteiger partial charge is 0.464 e. The first-order chi connectivity index (χ1) is 9.89. The van der Waals surface area contributed by atoms with Gasteiger partial charge in [0.2, 0.25) is 10.0 Å². The van der Waals surface area contributed by atoms with Gasteiger partial charge >= 0.3 is 5.97 Å². The fourth-order valence-electron chi connectivity index (χ4n) is 2.43. The van der Waals surface area contributed by atoms with E-state index in [1.54, 1.807) is 20.8 Å². The molecule has 1 fully saturated rings. The lowest BCUT2D eigenvalue weighted by Crippen LogP contribution is -2.46. The van der Waals surface area contributed by atoms with Crippen molar-refractivity contribution in [2.75, 3.05) is 32.8 Å². The smallest absolute Gasteiger partial charge is 0.343 e. The van der Waals surface area contributed by atoms with E-state index in [0.717, 1.165) is 0 Å². The number of sulfonamides is 1. The maximum Gasteiger partial charge on any atom is 0.343 e. The standard InChI is InChI=1S/C13H20N2O5S/c1-4-19-13(16)11-9(2)20-10(3)12(11)21(17,18)15-7-5-14-6-8-15/h14H,4-8H2,1-3H3. The van der Waals surface area contributed by atoms with Crippen molar-refractivity contribution in [1.29, 1.82) is 0 Å². The molecule has 8 heteroatoms. The molecular formula is C13H20N2O5S. The molecule has 1 aromatic rings. The van der Waals surface area contributed by atoms with Gasteiger partial charge in [-0.25, -0.2) is 13.2 Å². The zero-order valence-corrected chi connectivity index (χ0v) is 13.2. The molecule has 0 spiro atoms. The van der Waals surface area contributed by atoms with Crippen LogP contribution in [0.3, 0.4) is 0 Å². The predicted octanol–water partition coefficient (Wildman–Crippen LogP) is 0.667. The van der Waals surface area contributed by atoms with E-state index in [-0.39, 0.29) is 28.6 Å². The molecule has 0 unspecified atom stereocenters. The van der Waals surface area contributed by atoms with Gasteiger partial charge in [0.1, 0.15) is 22.0 Å². The second kappa shape index (κ2) is 6.17. The fraction of sp³-hybridized carbons (Fsp3) is 0.615. The van der Waals surface area contributed by atoms with Gasteiger partial charge < -0.3 is 14.5 Å². The highest BCUT2D eigenvalue weighted by Crippen LogP contribution is 2.30. The summed E-state index contributed by atoms with van der Waals surface area (Å²) < 4.78 is 37.2. The number of aryl methyl sites for hydroxylation is 2. The summed E-state index contributed by atoms with van der Waals surface area (Å²) in [6.45, 7) is 6.87. The highest BCUT2D eigenvalue weighted by molar-refractivity contribution is 7.89. The number of ether oxygens (including phenoxy) is 1. The lowest BCUT2D eigenvalue weighted by molar-refractivity contribution is 0.0520. The molecule has 2 rings (SSSR count). The Labute approximate surface area is 124 Å². The van der Waals surface area contributed by atoms with E-state index in [1.807, 2.05) is 0 Å². The van der Waals surface area contributed by atoms with Crippen molar-refractivity contribution >= 4 is 16.0 Å². The molecular weight excluding hydrogens is 296 g/mol. The minimum atomic E-state index is -3.77. The minimum Gasteiger partial charge on any atom is -0.464 e. The van der Waals surface area contributed by atoms with Crippen molar-refractivity contribution < 1.29 is 22.4 Å². The molecule has 7 nitrogen and oxygen atoms in total. The Bertz CT molecular complexity index is 629. The quantitative estimate of drug-likeness (QED) is 0.821. The lowest BCUT2D eigenvalue weighted by atomic mass is 10.2. The fourth-order valence-corrected chi connectivity index (χ4v) is 4.24. The average Bonchev–Trinajstić information content (AvgIpc) is 2.75. The number of hydrogen-bond donors (Lipinski definition) is 1. The first-order valence-electron chi connectivity index (χ1n) is 6.87. The molecule has 0 radical (unpaired) electrons. The van der Waals surface area contributed by atoms with Crippen LogP contribution >= 0.6 is 0 Å². The van der Waals surface area contributed by atoms with Crippen LogP contribution in [0.25, 0.3) is 0 Å². The Balaban J connectivity index is 2.49. The number of carbonyl (C=O) groups is 1. The van der Waals surface area contributed by atoms with Crippen molar-refractivity contribution in [3.05, 3.63) is 17.1 Å². The summed E-state index contributed by atoms with van der Waals surface area (Å²) in [7, 11) is -3.77. The van der Waals surface area contributed by atoms with Gasteiger partial charge in [0, 0.05) is 26.2 Å². The van der Waals surface area contributed by atoms with E-state index in [0.29, 0.717) is 26.2 Å². The van der Waals surface area contributed by atoms with Crippen molar-refractivity contribution in [2.45, 2.75) is 25.7 Å². The van der Waals surface area contributed by atoms with Crippen molar-refractivity contribution in [3.8, 4) is 0 Å². The lowest BCUT2D eigenvalue weighted by Gasteiger charge is -2.26. The Morgan fingerprint density at radius 1 is 1.29 bits per heavy atom. The van der Waals surface area contributed by atoms with Crippen LogP contribution in [0.15, 0.2) is 9.31 Å². The minimum absolute atomic E-state index is 0.00730. The number of esters is 1. The van der Waals surface area contributed by atoms with Gasteiger partial charge in [-0.2, -0.15) is 4.31 Å². The summed E-state index contributed by atoms with van der Waals surface area (Å²) in [4.78, 5) is 12.0. The second-order valence-electron chi connectivity index (χ2n) is 4.79. The molecule has 1 aromatic heterocycles. The SMILES string of the molecule is CCOC(=O)c1c(C)oc(C)c1S(=O)(=O)N1CCNCC1. The highest BCUT2D eigenvalue weighted by Gasteiger charge is 2.36. The van der Waals surface area contributed by atoms with Crippen molar-refractivity contribution in [1.82, 2.24) is 9.62 Å². The van der Waals surface area contributed by atoms with Gasteiger partial charge in [-0.1, -0.05) is 0 Å². The van der Waals surface area contributed by atoms with E-state index in [2.05, 4.69) is 5.32 Å². The topological polar surface area (TPSA) is 88.8 Å². The van der Waals surface area contributed by atoms with Crippen molar-refractivity contribution in [2.24, 2.45) is 0 Å². The van der Waals surface area contributed by atoms with Gasteiger partial charge in [-0.15, -0.1) is 0 Å². The number of hydrogen-bond acceptors (Lipinski definition) is 6. The number of furan rings is 1. The van der Waals surface area contributed by atoms with Gasteiger partial charge in [-0.3, -0.25) is 0 Å². The Morgan fingerprint density at radius 2 is 1.90 bits per heavy atom. The van der Waals surface area contributed by atoms with Crippen LogP contribution < -0.4 is 5.32 Å². The third-order valence-electron chi connectivity index (χ3n) is 3.36. The molecule has 0 saturated carbocycles. The molecule has 21 heavy (non-hydrogen) atoms. The van der Waals surface area contributed by atoms with E-state index >= 15 is 0 Å². The number of nitrogens with zero attached hydrogens (tertiary/aromatic N) is 1. The maximum absolute atomic E-state index is 12.8. The van der Waals surface area contributed by atoms with Crippen LogP contribution in [-0.4, -0.2) is 51.5 Å². The second-order valence-corrected chi connectivity index (χ2v) is 6.67. The summed E-state index contributed by atoms with van der Waals surface area (Å²) in [5.41, 5.74) is 0.00730. The monoisotopic (exact) mass is 316 g/mol. The highest BCUT2D eigenvalue weighted by atomic mass is 32.2. The van der Waals surface area contributed by atoms with E-state index in [4.69, 9.17) is 9.15 Å². The molecule has 0 bridgehead atoms. The zero-order valence-electron chi connectivity index (χ0n) is 12.4. The van der Waals surface area contributed by atoms with Gasteiger partial charge in [-0.05, 0) is 20.8 Å². The summed E-state index contributed by atoms with van der Waals surface area (Å²) in [6, 6.07) is 0. The molecule has 1 aliphatic rings. The number of rotatable bonds is 4. The summed E-state index contributed by atoms with van der Waals surface area (Å²) >= 11 is 0. The third kappa shape index (κ3) is 2.97. The van der Waals surface area contributed by atoms with Crippen molar-refractivity contribution in [3.63, 3.8) is 0 Å². The number of carbonyl (C=O) groups excluding carboxylic acids is 1. The number of piperazine rings is 1. The molecule has 2 heterocycles. The summed E-state index contributed by atoms with van der Waals surface area (Å²) in [5, 5.41) is 3.09. The van der Waals surface area contributed by atoms with Crippen LogP contribution in [0.4, 0.5) is 0 Å². The first-order valence-corrected chi connectivity index (χ1v) is 8.31. The van der Waals surface area contributed by atoms with Crippen LogP contribution in [0.2, 0.25) is 0 Å². The average molecular weight is 316 g/mol. The molecule has 0 atom stereocenters. The third-order valence-corrected chi connectivity index (χ3v) is 5.41. The Kier molecular flexibility index (Phi) is 4.70. The normalized spacial score (nSPS) is 16.9. The van der Waals surface area contributed by atoms with Gasteiger partial charge in [0.25, 0.3) is 0 Å². The van der Waals surface area contributed by atoms with Crippen LogP contribution in [0.5, 0.6) is 0 Å². The Hall–Kier alpha value is -1.38. The molecule has 0 aliphatic carbocycles. The molecule has 1 saturated heterocycles. The molecule has 0 aromatic carbocycles. The summed E-state index contributed by atoms with van der Waals surface area (Å²) in [6.07, 6.45) is 0. The molecule has 118 valence electrons. The van der Waals surface area contributed by atoms with Crippen LogP contribution in [0, 0.1) is 13.8 Å².